The summed E-state index contributed by atoms with van der Waals surface area (Å²) in [7, 11) is 0. The summed E-state index contributed by atoms with van der Waals surface area (Å²) >= 11 is 3.23. The number of thiophene rings is 1. The van der Waals surface area contributed by atoms with Gasteiger partial charge in [0.25, 0.3) is 5.91 Å². The molecule has 0 N–H and O–H groups in total. The van der Waals surface area contributed by atoms with Crippen LogP contribution in [0, 0.1) is 5.92 Å². The molecule has 4 rings (SSSR count). The minimum absolute atomic E-state index is 0.220. The molecule has 24 heavy (non-hydrogen) atoms. The molecule has 0 aromatic carbocycles. The molecule has 2 heterocycles. The lowest BCUT2D eigenvalue weighted by atomic mass is 9.84. The second-order valence-electron chi connectivity index (χ2n) is 7.03. The van der Waals surface area contributed by atoms with Crippen molar-refractivity contribution in [3.05, 3.63) is 28.6 Å². The van der Waals surface area contributed by atoms with E-state index in [1.54, 1.807) is 28.9 Å². The first kappa shape index (κ1) is 16.3. The Balaban J connectivity index is 1.51. The highest BCUT2D eigenvalue weighted by molar-refractivity contribution is 7.21. The molecule has 2 aliphatic rings. The summed E-state index contributed by atoms with van der Waals surface area (Å²) in [4.78, 5) is 21.8. The molecule has 0 spiro atoms. The fourth-order valence-corrected chi connectivity index (χ4v) is 5.49. The van der Waals surface area contributed by atoms with E-state index in [9.17, 15) is 4.79 Å². The van der Waals surface area contributed by atoms with Crippen molar-refractivity contribution in [2.75, 3.05) is 0 Å². The van der Waals surface area contributed by atoms with E-state index in [4.69, 9.17) is 0 Å². The topological polar surface area (TPSA) is 33.2 Å². The molecule has 2 aliphatic carbocycles. The molecule has 128 valence electrons. The van der Waals surface area contributed by atoms with Crippen LogP contribution in [-0.2, 0) is 0 Å². The van der Waals surface area contributed by atoms with Crippen molar-refractivity contribution in [1.29, 1.82) is 0 Å². The van der Waals surface area contributed by atoms with Crippen LogP contribution in [-0.4, -0.2) is 27.9 Å². The first-order valence-electron chi connectivity index (χ1n) is 9.08. The molecular weight excluding hydrogens is 336 g/mol. The Morgan fingerprint density at radius 1 is 1.21 bits per heavy atom. The molecule has 2 fully saturated rings. The van der Waals surface area contributed by atoms with Gasteiger partial charge in [-0.25, -0.2) is 4.98 Å². The van der Waals surface area contributed by atoms with Crippen LogP contribution < -0.4 is 0 Å². The molecule has 0 bridgehead atoms. The normalized spacial score (nSPS) is 24.0. The molecule has 0 radical (unpaired) electrons. The van der Waals surface area contributed by atoms with Gasteiger partial charge in [0.1, 0.15) is 9.88 Å². The van der Waals surface area contributed by atoms with Crippen molar-refractivity contribution in [2.45, 2.75) is 64.0 Å². The van der Waals surface area contributed by atoms with Gasteiger partial charge >= 0.3 is 0 Å². The molecule has 0 atom stereocenters. The van der Waals surface area contributed by atoms with Crippen LogP contribution in [0.3, 0.4) is 0 Å². The standard InChI is InChI=1S/C19H24N2OS2/c1-2-13-5-7-14(8-6-13)21(15-9-10-15)19(22)17-12-20-18(24-17)16-4-3-11-23-16/h3-4,11-15H,2,5-10H2,1H3. The predicted molar refractivity (Wildman–Crippen MR) is 101 cm³/mol. The molecule has 0 unspecified atom stereocenters. The summed E-state index contributed by atoms with van der Waals surface area (Å²) in [6.07, 6.45) is 10.3. The Bertz CT molecular complexity index is 682. The zero-order valence-electron chi connectivity index (χ0n) is 14.1. The zero-order chi connectivity index (χ0) is 16.5. The Labute approximate surface area is 151 Å². The van der Waals surface area contributed by atoms with E-state index in [2.05, 4.69) is 28.3 Å². The molecule has 0 saturated heterocycles. The van der Waals surface area contributed by atoms with Gasteiger partial charge in [0.15, 0.2) is 0 Å². The first-order chi connectivity index (χ1) is 11.8. The van der Waals surface area contributed by atoms with Crippen LogP contribution in [0.1, 0.15) is 61.5 Å². The van der Waals surface area contributed by atoms with E-state index < -0.39 is 0 Å². The highest BCUT2D eigenvalue weighted by Gasteiger charge is 2.39. The molecule has 0 aliphatic heterocycles. The van der Waals surface area contributed by atoms with Crippen molar-refractivity contribution >= 4 is 28.6 Å². The van der Waals surface area contributed by atoms with Gasteiger partial charge in [0, 0.05) is 12.1 Å². The van der Waals surface area contributed by atoms with Gasteiger partial charge in [-0.2, -0.15) is 0 Å². The SMILES string of the molecule is CCC1CCC(N(C(=O)c2cnc(-c3cccs3)s2)C2CC2)CC1. The molecule has 2 saturated carbocycles. The highest BCUT2D eigenvalue weighted by Crippen LogP contribution is 2.38. The molecule has 3 nitrogen and oxygen atoms in total. The Kier molecular flexibility index (Phi) is 4.72. The zero-order valence-corrected chi connectivity index (χ0v) is 15.7. The number of nitrogens with zero attached hydrogens (tertiary/aromatic N) is 2. The van der Waals surface area contributed by atoms with Gasteiger partial charge in [-0.05, 0) is 55.9 Å². The summed E-state index contributed by atoms with van der Waals surface area (Å²) in [6.45, 7) is 2.29. The monoisotopic (exact) mass is 360 g/mol. The quantitative estimate of drug-likeness (QED) is 0.711. The van der Waals surface area contributed by atoms with Crippen LogP contribution in [0.2, 0.25) is 0 Å². The summed E-state index contributed by atoms with van der Waals surface area (Å²) in [6, 6.07) is 5.03. The van der Waals surface area contributed by atoms with E-state index in [0.29, 0.717) is 12.1 Å². The second-order valence-corrected chi connectivity index (χ2v) is 9.01. The van der Waals surface area contributed by atoms with Gasteiger partial charge < -0.3 is 4.90 Å². The molecule has 5 heteroatoms. The maximum atomic E-state index is 13.2. The number of amides is 1. The maximum absolute atomic E-state index is 13.2. The van der Waals surface area contributed by atoms with Crippen molar-refractivity contribution in [2.24, 2.45) is 5.92 Å². The third kappa shape index (κ3) is 3.29. The van der Waals surface area contributed by atoms with E-state index in [1.165, 1.54) is 44.9 Å². The van der Waals surface area contributed by atoms with E-state index in [0.717, 1.165) is 20.7 Å². The number of hydrogen-bond donors (Lipinski definition) is 0. The highest BCUT2D eigenvalue weighted by atomic mass is 32.1. The number of hydrogen-bond acceptors (Lipinski definition) is 4. The average Bonchev–Trinajstić information content (AvgIpc) is 3.11. The first-order valence-corrected chi connectivity index (χ1v) is 10.8. The summed E-state index contributed by atoms with van der Waals surface area (Å²) in [5.74, 6) is 1.09. The van der Waals surface area contributed by atoms with Gasteiger partial charge in [0.05, 0.1) is 11.1 Å². The van der Waals surface area contributed by atoms with Gasteiger partial charge in [-0.15, -0.1) is 22.7 Å². The van der Waals surface area contributed by atoms with Crippen molar-refractivity contribution in [3.8, 4) is 9.88 Å². The van der Waals surface area contributed by atoms with Crippen LogP contribution in [0.15, 0.2) is 23.7 Å². The third-order valence-electron chi connectivity index (χ3n) is 5.41. The van der Waals surface area contributed by atoms with E-state index in [1.807, 2.05) is 6.07 Å². The Hall–Kier alpha value is -1.20. The minimum atomic E-state index is 0.220. The van der Waals surface area contributed by atoms with E-state index in [-0.39, 0.29) is 5.91 Å². The third-order valence-corrected chi connectivity index (χ3v) is 7.43. The van der Waals surface area contributed by atoms with Gasteiger partial charge in [-0.3, -0.25) is 4.79 Å². The van der Waals surface area contributed by atoms with Crippen molar-refractivity contribution in [1.82, 2.24) is 9.88 Å². The number of aromatic nitrogens is 1. The summed E-state index contributed by atoms with van der Waals surface area (Å²) < 4.78 is 0. The van der Waals surface area contributed by atoms with E-state index >= 15 is 0 Å². The molecule has 2 aromatic rings. The van der Waals surface area contributed by atoms with Gasteiger partial charge in [0.2, 0.25) is 0 Å². The second kappa shape index (κ2) is 6.96. The number of carbonyl (C=O) groups excluding carboxylic acids is 1. The number of carbonyl (C=O) groups is 1. The Morgan fingerprint density at radius 2 is 1.92 bits per heavy atom. The number of thiazole rings is 1. The number of rotatable bonds is 5. The van der Waals surface area contributed by atoms with Crippen molar-refractivity contribution < 1.29 is 4.79 Å². The van der Waals surface area contributed by atoms with Crippen LogP contribution in [0.25, 0.3) is 9.88 Å². The molecular formula is C19H24N2OS2. The fourth-order valence-electron chi connectivity index (χ4n) is 3.83. The maximum Gasteiger partial charge on any atom is 0.266 e. The predicted octanol–water partition coefficient (Wildman–Crippen LogP) is 5.45. The summed E-state index contributed by atoms with van der Waals surface area (Å²) in [5, 5.41) is 3.03. The minimum Gasteiger partial charge on any atom is -0.332 e. The fraction of sp³-hybridized carbons (Fsp3) is 0.579. The van der Waals surface area contributed by atoms with Crippen LogP contribution >= 0.6 is 22.7 Å². The molecule has 1 amide bonds. The summed E-state index contributed by atoms with van der Waals surface area (Å²) in [5.41, 5.74) is 0. The smallest absolute Gasteiger partial charge is 0.266 e. The molecule has 2 aromatic heterocycles. The van der Waals surface area contributed by atoms with Crippen LogP contribution in [0.5, 0.6) is 0 Å². The average molecular weight is 361 g/mol. The van der Waals surface area contributed by atoms with Crippen LogP contribution in [0.4, 0.5) is 0 Å². The Morgan fingerprint density at radius 3 is 2.50 bits per heavy atom. The van der Waals surface area contributed by atoms with Crippen molar-refractivity contribution in [3.63, 3.8) is 0 Å². The van der Waals surface area contributed by atoms with Gasteiger partial charge in [-0.1, -0.05) is 19.4 Å². The lowest BCUT2D eigenvalue weighted by Crippen LogP contribution is -2.43. The lowest BCUT2D eigenvalue weighted by molar-refractivity contribution is 0.0592. The lowest BCUT2D eigenvalue weighted by Gasteiger charge is -2.36. The largest absolute Gasteiger partial charge is 0.332 e.